The lowest BCUT2D eigenvalue weighted by Crippen LogP contribution is -2.06. The number of rotatable bonds is 5. The zero-order valence-corrected chi connectivity index (χ0v) is 9.61. The molecule has 0 fully saturated rings. The van der Waals surface area contributed by atoms with Gasteiger partial charge in [-0.1, -0.05) is 11.6 Å². The number of alkyl halides is 5. The molecule has 1 rings (SSSR count). The van der Waals surface area contributed by atoms with Crippen molar-refractivity contribution >= 4 is 23.2 Å². The highest BCUT2D eigenvalue weighted by Crippen LogP contribution is 2.35. The Bertz CT molecular complexity index is 388. The predicted molar refractivity (Wildman–Crippen MR) is 54.3 cm³/mol. The topological polar surface area (TPSA) is 18.5 Å². The summed E-state index contributed by atoms with van der Waals surface area (Å²) in [5.74, 6) is -0.960. The summed E-state index contributed by atoms with van der Waals surface area (Å²) in [5, 5.41) is -0.164. The van der Waals surface area contributed by atoms with E-state index in [4.69, 9.17) is 23.2 Å². The maximum Gasteiger partial charge on any atom is 0.387 e. The second kappa shape index (κ2) is 6.16. The van der Waals surface area contributed by atoms with Crippen LogP contribution in [-0.2, 0) is 5.88 Å². The fraction of sp³-hybridized carbons (Fsp3) is 0.333. The van der Waals surface area contributed by atoms with Gasteiger partial charge in [-0.3, -0.25) is 0 Å². The van der Waals surface area contributed by atoms with Crippen LogP contribution in [0.2, 0.25) is 5.02 Å². The lowest BCUT2D eigenvalue weighted by atomic mass is 10.2. The van der Waals surface area contributed by atoms with Crippen LogP contribution < -0.4 is 9.47 Å². The van der Waals surface area contributed by atoms with Crippen LogP contribution in [0.4, 0.5) is 17.6 Å². The molecule has 2 nitrogen and oxygen atoms in total. The summed E-state index contributed by atoms with van der Waals surface area (Å²) in [5.41, 5.74) is 0.151. The fourth-order valence-electron chi connectivity index (χ4n) is 1.07. The van der Waals surface area contributed by atoms with Gasteiger partial charge < -0.3 is 9.47 Å². The maximum atomic E-state index is 12.0. The normalized spacial score (nSPS) is 11.1. The molecule has 8 heteroatoms. The molecular weight excluding hydrogens is 287 g/mol. The molecule has 96 valence electrons. The lowest BCUT2D eigenvalue weighted by Gasteiger charge is -2.13. The van der Waals surface area contributed by atoms with Crippen LogP contribution in [0.3, 0.4) is 0 Å². The van der Waals surface area contributed by atoms with Crippen molar-refractivity contribution in [2.24, 2.45) is 0 Å². The molecule has 0 spiro atoms. The third kappa shape index (κ3) is 4.12. The third-order valence-corrected chi connectivity index (χ3v) is 2.27. The molecule has 17 heavy (non-hydrogen) atoms. The summed E-state index contributed by atoms with van der Waals surface area (Å²) in [6, 6.07) is 1.97. The zero-order chi connectivity index (χ0) is 13.0. The largest absolute Gasteiger partial charge is 0.434 e. The molecule has 0 radical (unpaired) electrons. The number of hydrogen-bond acceptors (Lipinski definition) is 2. The summed E-state index contributed by atoms with van der Waals surface area (Å²) in [7, 11) is 0. The van der Waals surface area contributed by atoms with Gasteiger partial charge in [0.1, 0.15) is 11.5 Å². The van der Waals surface area contributed by atoms with Crippen LogP contribution in [0.1, 0.15) is 5.56 Å². The highest BCUT2D eigenvalue weighted by atomic mass is 35.5. The molecule has 0 saturated carbocycles. The monoisotopic (exact) mass is 292 g/mol. The Morgan fingerprint density at radius 1 is 1.00 bits per heavy atom. The molecule has 0 heterocycles. The van der Waals surface area contributed by atoms with Gasteiger partial charge in [0.05, 0.1) is 10.9 Å². The minimum absolute atomic E-state index is 0.151. The van der Waals surface area contributed by atoms with Crippen molar-refractivity contribution in [3.05, 3.63) is 22.7 Å². The van der Waals surface area contributed by atoms with Gasteiger partial charge in [-0.05, 0) is 6.07 Å². The smallest absolute Gasteiger partial charge is 0.387 e. The minimum Gasteiger partial charge on any atom is -0.434 e. The summed E-state index contributed by atoms with van der Waals surface area (Å²) >= 11 is 11.1. The van der Waals surface area contributed by atoms with Gasteiger partial charge in [0.15, 0.2) is 0 Å². The Morgan fingerprint density at radius 2 is 1.53 bits per heavy atom. The molecule has 0 unspecified atom stereocenters. The van der Waals surface area contributed by atoms with Crippen LogP contribution in [0, 0.1) is 0 Å². The highest BCUT2D eigenvalue weighted by Gasteiger charge is 2.16. The second-order valence-electron chi connectivity index (χ2n) is 2.78. The van der Waals surface area contributed by atoms with Crippen molar-refractivity contribution in [2.45, 2.75) is 19.1 Å². The quantitative estimate of drug-likeness (QED) is 0.596. The van der Waals surface area contributed by atoms with E-state index in [1.165, 1.54) is 0 Å². The molecule has 0 atom stereocenters. The Hall–Kier alpha value is -0.880. The first-order valence-corrected chi connectivity index (χ1v) is 5.13. The molecule has 0 aromatic heterocycles. The number of benzene rings is 1. The molecule has 0 aliphatic rings. The van der Waals surface area contributed by atoms with Gasteiger partial charge in [0.2, 0.25) is 0 Å². The van der Waals surface area contributed by atoms with E-state index in [1.807, 2.05) is 0 Å². The average molecular weight is 293 g/mol. The SMILES string of the molecule is FC(F)Oc1cc(OC(F)F)c(CCl)cc1Cl. The Balaban J connectivity index is 3.08. The number of halogens is 6. The Kier molecular flexibility index (Phi) is 5.14. The van der Waals surface area contributed by atoms with E-state index in [-0.39, 0.29) is 22.2 Å². The summed E-state index contributed by atoms with van der Waals surface area (Å²) in [6.07, 6.45) is 0. The van der Waals surface area contributed by atoms with Gasteiger partial charge in [0.25, 0.3) is 0 Å². The van der Waals surface area contributed by atoms with E-state index < -0.39 is 19.0 Å². The zero-order valence-electron chi connectivity index (χ0n) is 8.10. The van der Waals surface area contributed by atoms with Crippen molar-refractivity contribution in [3.8, 4) is 11.5 Å². The number of hydrogen-bond donors (Lipinski definition) is 0. The summed E-state index contributed by atoms with van der Waals surface area (Å²) in [4.78, 5) is 0. The first kappa shape index (κ1) is 14.2. The Morgan fingerprint density at radius 3 is 2.00 bits per heavy atom. The van der Waals surface area contributed by atoms with Crippen molar-refractivity contribution in [1.82, 2.24) is 0 Å². The van der Waals surface area contributed by atoms with Crippen LogP contribution in [-0.4, -0.2) is 13.2 Å². The van der Waals surface area contributed by atoms with E-state index in [9.17, 15) is 17.6 Å². The molecule has 0 saturated heterocycles. The molecule has 0 aliphatic carbocycles. The Labute approximate surface area is 104 Å². The molecular formula is C9H6Cl2F4O2. The first-order valence-electron chi connectivity index (χ1n) is 4.22. The average Bonchev–Trinajstić information content (AvgIpc) is 2.21. The van der Waals surface area contributed by atoms with E-state index in [2.05, 4.69) is 9.47 Å². The van der Waals surface area contributed by atoms with Crippen LogP contribution >= 0.6 is 23.2 Å². The van der Waals surface area contributed by atoms with Crippen molar-refractivity contribution in [2.75, 3.05) is 0 Å². The van der Waals surface area contributed by atoms with E-state index in [0.717, 1.165) is 12.1 Å². The maximum absolute atomic E-state index is 12.0. The molecule has 0 amide bonds. The van der Waals surface area contributed by atoms with Crippen molar-refractivity contribution in [3.63, 3.8) is 0 Å². The van der Waals surface area contributed by atoms with Gasteiger partial charge in [-0.15, -0.1) is 11.6 Å². The molecule has 0 bridgehead atoms. The minimum atomic E-state index is -3.12. The number of ether oxygens (including phenoxy) is 2. The van der Waals surface area contributed by atoms with Crippen LogP contribution in [0.5, 0.6) is 11.5 Å². The fourth-order valence-corrected chi connectivity index (χ4v) is 1.51. The third-order valence-electron chi connectivity index (χ3n) is 1.69. The van der Waals surface area contributed by atoms with Crippen LogP contribution in [0.25, 0.3) is 0 Å². The van der Waals surface area contributed by atoms with Crippen molar-refractivity contribution in [1.29, 1.82) is 0 Å². The summed E-state index contributed by atoms with van der Waals surface area (Å²) < 4.78 is 56.2. The molecule has 1 aromatic carbocycles. The highest BCUT2D eigenvalue weighted by molar-refractivity contribution is 6.32. The van der Waals surface area contributed by atoms with Gasteiger partial charge in [-0.2, -0.15) is 17.6 Å². The van der Waals surface area contributed by atoms with E-state index in [1.54, 1.807) is 0 Å². The van der Waals surface area contributed by atoms with Crippen LogP contribution in [0.15, 0.2) is 12.1 Å². The second-order valence-corrected chi connectivity index (χ2v) is 3.46. The van der Waals surface area contributed by atoms with E-state index >= 15 is 0 Å². The first-order chi connectivity index (χ1) is 7.93. The van der Waals surface area contributed by atoms with Crippen molar-refractivity contribution < 1.29 is 27.0 Å². The van der Waals surface area contributed by atoms with Gasteiger partial charge >= 0.3 is 13.2 Å². The van der Waals surface area contributed by atoms with E-state index in [0.29, 0.717) is 0 Å². The molecule has 0 aliphatic heterocycles. The van der Waals surface area contributed by atoms with Gasteiger partial charge in [0, 0.05) is 11.6 Å². The molecule has 0 N–H and O–H groups in total. The lowest BCUT2D eigenvalue weighted by molar-refractivity contribution is -0.0545. The standard InChI is InChI=1S/C9H6Cl2F4O2/c10-3-4-1-5(11)7(17-9(14)15)2-6(4)16-8(12)13/h1-2,8-9H,3H2. The van der Waals surface area contributed by atoms with Gasteiger partial charge in [-0.25, -0.2) is 0 Å². The summed E-state index contributed by atoms with van der Waals surface area (Å²) in [6.45, 7) is -6.22. The predicted octanol–water partition coefficient (Wildman–Crippen LogP) is 4.28. The molecule has 1 aromatic rings.